The van der Waals surface area contributed by atoms with Crippen LogP contribution in [0.15, 0.2) is 52.4 Å². The zero-order valence-electron chi connectivity index (χ0n) is 14.3. The Bertz CT molecular complexity index is 871. The van der Waals surface area contributed by atoms with Crippen LogP contribution in [0, 0.1) is 6.92 Å². The van der Waals surface area contributed by atoms with E-state index in [1.54, 1.807) is 12.1 Å². The molecule has 2 aromatic rings. The predicted molar refractivity (Wildman–Crippen MR) is 104 cm³/mol. The van der Waals surface area contributed by atoms with Gasteiger partial charge in [-0.2, -0.15) is 0 Å². The van der Waals surface area contributed by atoms with E-state index in [4.69, 9.17) is 0 Å². The molecule has 1 heterocycles. The number of benzene rings is 2. The number of nitrogens with zero attached hydrogens (tertiary/aromatic N) is 2. The van der Waals surface area contributed by atoms with Gasteiger partial charge in [-0.05, 0) is 60.2 Å². The van der Waals surface area contributed by atoms with Crippen molar-refractivity contribution in [2.24, 2.45) is 4.99 Å². The van der Waals surface area contributed by atoms with Crippen molar-refractivity contribution in [2.45, 2.75) is 6.92 Å². The number of rotatable bonds is 3. The smallest absolute Gasteiger partial charge is 0.264 e. The second kappa shape index (κ2) is 7.03. The molecule has 1 aliphatic heterocycles. The zero-order valence-corrected chi connectivity index (χ0v) is 15.1. The summed E-state index contributed by atoms with van der Waals surface area (Å²) >= 11 is 1.26. The maximum atomic E-state index is 12.1. The number of hydrogen-bond donors (Lipinski definition) is 2. The topological polar surface area (TPSA) is 64.9 Å². The first-order valence-corrected chi connectivity index (χ1v) is 8.60. The highest BCUT2D eigenvalue weighted by Crippen LogP contribution is 2.32. The van der Waals surface area contributed by atoms with Gasteiger partial charge in [0.25, 0.3) is 5.91 Å². The SMILES string of the molecule is Cc1ccc(N=C2NC(=O)/C(=C/c3ccc(N(C)C)cc3)S2)c(O)c1. The quantitative estimate of drug-likeness (QED) is 0.827. The number of phenols is 1. The van der Waals surface area contributed by atoms with Crippen LogP contribution in [0.25, 0.3) is 6.08 Å². The first-order valence-electron chi connectivity index (χ1n) is 7.79. The Morgan fingerprint density at radius 1 is 1.16 bits per heavy atom. The van der Waals surface area contributed by atoms with E-state index < -0.39 is 0 Å². The Morgan fingerprint density at radius 2 is 1.88 bits per heavy atom. The molecular weight excluding hydrogens is 334 g/mol. The Kier molecular flexibility index (Phi) is 4.81. The van der Waals surface area contributed by atoms with E-state index in [0.29, 0.717) is 15.8 Å². The minimum Gasteiger partial charge on any atom is -0.506 e. The van der Waals surface area contributed by atoms with Gasteiger partial charge in [-0.3, -0.25) is 4.79 Å². The van der Waals surface area contributed by atoms with Gasteiger partial charge in [0.15, 0.2) is 5.17 Å². The maximum absolute atomic E-state index is 12.1. The molecule has 5 nitrogen and oxygen atoms in total. The van der Waals surface area contributed by atoms with E-state index in [-0.39, 0.29) is 11.7 Å². The normalized spacial score (nSPS) is 17.2. The van der Waals surface area contributed by atoms with Crippen molar-refractivity contribution in [3.05, 3.63) is 58.5 Å². The number of aryl methyl sites for hydroxylation is 1. The molecule has 2 N–H and O–H groups in total. The van der Waals surface area contributed by atoms with Crippen molar-refractivity contribution in [1.29, 1.82) is 0 Å². The van der Waals surface area contributed by atoms with Gasteiger partial charge in [0.2, 0.25) is 0 Å². The molecule has 1 fully saturated rings. The van der Waals surface area contributed by atoms with Crippen molar-refractivity contribution in [3.63, 3.8) is 0 Å². The lowest BCUT2D eigenvalue weighted by atomic mass is 10.2. The van der Waals surface area contributed by atoms with Gasteiger partial charge in [-0.15, -0.1) is 0 Å². The molecule has 0 atom stereocenters. The molecule has 1 saturated heterocycles. The van der Waals surface area contributed by atoms with Gasteiger partial charge in [0.1, 0.15) is 11.4 Å². The molecule has 2 aromatic carbocycles. The van der Waals surface area contributed by atoms with E-state index in [1.165, 1.54) is 11.8 Å². The van der Waals surface area contributed by atoms with Crippen LogP contribution in [0.2, 0.25) is 0 Å². The number of aromatic hydroxyl groups is 1. The number of hydrogen-bond acceptors (Lipinski definition) is 5. The van der Waals surface area contributed by atoms with E-state index in [0.717, 1.165) is 16.8 Å². The van der Waals surface area contributed by atoms with E-state index >= 15 is 0 Å². The van der Waals surface area contributed by atoms with Crippen LogP contribution in [0.1, 0.15) is 11.1 Å². The number of carbonyl (C=O) groups excluding carboxylic acids is 1. The van der Waals surface area contributed by atoms with Crippen LogP contribution in [0.3, 0.4) is 0 Å². The lowest BCUT2D eigenvalue weighted by Gasteiger charge is -2.11. The highest BCUT2D eigenvalue weighted by Gasteiger charge is 2.24. The van der Waals surface area contributed by atoms with Gasteiger partial charge in [-0.25, -0.2) is 4.99 Å². The predicted octanol–water partition coefficient (Wildman–Crippen LogP) is 3.66. The highest BCUT2D eigenvalue weighted by molar-refractivity contribution is 8.18. The maximum Gasteiger partial charge on any atom is 0.264 e. The minimum absolute atomic E-state index is 0.0963. The Hall–Kier alpha value is -2.73. The molecule has 1 aliphatic rings. The monoisotopic (exact) mass is 353 g/mol. The number of amides is 1. The van der Waals surface area contributed by atoms with Gasteiger partial charge in [-0.1, -0.05) is 18.2 Å². The number of carbonyl (C=O) groups is 1. The summed E-state index contributed by atoms with van der Waals surface area (Å²) in [5, 5.41) is 13.1. The van der Waals surface area contributed by atoms with Crippen LogP contribution >= 0.6 is 11.8 Å². The van der Waals surface area contributed by atoms with Crippen molar-refractivity contribution in [1.82, 2.24) is 5.32 Å². The second-order valence-electron chi connectivity index (χ2n) is 5.96. The molecular formula is C19H19N3O2S. The van der Waals surface area contributed by atoms with Gasteiger partial charge < -0.3 is 15.3 Å². The molecule has 128 valence electrons. The number of thioether (sulfide) groups is 1. The van der Waals surface area contributed by atoms with E-state index in [9.17, 15) is 9.90 Å². The van der Waals surface area contributed by atoms with E-state index in [2.05, 4.69) is 10.3 Å². The fourth-order valence-electron chi connectivity index (χ4n) is 2.34. The third kappa shape index (κ3) is 4.03. The third-order valence-electron chi connectivity index (χ3n) is 3.71. The van der Waals surface area contributed by atoms with Crippen LogP contribution in [-0.2, 0) is 4.79 Å². The summed E-state index contributed by atoms with van der Waals surface area (Å²) in [5.41, 5.74) is 3.43. The van der Waals surface area contributed by atoms with Crippen molar-refractivity contribution in [3.8, 4) is 5.75 Å². The molecule has 0 saturated carbocycles. The number of aliphatic imine (C=N–C) groups is 1. The summed E-state index contributed by atoms with van der Waals surface area (Å²) in [6.07, 6.45) is 1.83. The lowest BCUT2D eigenvalue weighted by molar-refractivity contribution is -0.115. The Labute approximate surface area is 151 Å². The first-order chi connectivity index (χ1) is 11.9. The first kappa shape index (κ1) is 17.1. The Balaban J connectivity index is 1.81. The highest BCUT2D eigenvalue weighted by atomic mass is 32.2. The van der Waals surface area contributed by atoms with Gasteiger partial charge in [0.05, 0.1) is 4.91 Å². The third-order valence-corrected chi connectivity index (χ3v) is 4.62. The molecule has 0 unspecified atom stereocenters. The Morgan fingerprint density at radius 3 is 2.52 bits per heavy atom. The molecule has 0 aromatic heterocycles. The summed E-state index contributed by atoms with van der Waals surface area (Å²) in [5.74, 6) is -0.0916. The minimum atomic E-state index is -0.188. The molecule has 0 aliphatic carbocycles. The molecule has 0 bridgehead atoms. The van der Waals surface area contributed by atoms with Crippen LogP contribution in [0.4, 0.5) is 11.4 Å². The summed E-state index contributed by atoms with van der Waals surface area (Å²) in [6.45, 7) is 1.89. The van der Waals surface area contributed by atoms with Gasteiger partial charge >= 0.3 is 0 Å². The van der Waals surface area contributed by atoms with Crippen molar-refractivity contribution >= 4 is 40.3 Å². The van der Waals surface area contributed by atoms with Crippen LogP contribution in [-0.4, -0.2) is 30.3 Å². The largest absolute Gasteiger partial charge is 0.506 e. The fraction of sp³-hybridized carbons (Fsp3) is 0.158. The molecule has 0 spiro atoms. The number of nitrogens with one attached hydrogen (secondary N) is 1. The number of amidine groups is 1. The lowest BCUT2D eigenvalue weighted by Crippen LogP contribution is -2.19. The molecule has 25 heavy (non-hydrogen) atoms. The van der Waals surface area contributed by atoms with E-state index in [1.807, 2.05) is 62.3 Å². The fourth-order valence-corrected chi connectivity index (χ4v) is 3.17. The van der Waals surface area contributed by atoms with Crippen LogP contribution < -0.4 is 10.2 Å². The summed E-state index contributed by atoms with van der Waals surface area (Å²) in [7, 11) is 3.97. The number of phenolic OH excluding ortho intramolecular Hbond substituents is 1. The molecule has 3 rings (SSSR count). The second-order valence-corrected chi connectivity index (χ2v) is 6.99. The molecule has 1 amide bonds. The standard InChI is InChI=1S/C19H19N3O2S/c1-12-4-9-15(16(23)10-12)20-19-21-18(24)17(25-19)11-13-5-7-14(8-6-13)22(2)3/h4-11,23H,1-3H3,(H,20,21,24)/b17-11-. The van der Waals surface area contributed by atoms with Crippen LogP contribution in [0.5, 0.6) is 5.75 Å². The number of anilines is 1. The summed E-state index contributed by atoms with van der Waals surface area (Å²) in [6, 6.07) is 13.2. The zero-order chi connectivity index (χ0) is 18.0. The van der Waals surface area contributed by atoms with Crippen molar-refractivity contribution in [2.75, 3.05) is 19.0 Å². The van der Waals surface area contributed by atoms with Crippen molar-refractivity contribution < 1.29 is 9.90 Å². The average Bonchev–Trinajstić information content (AvgIpc) is 2.90. The molecule has 6 heteroatoms. The average molecular weight is 353 g/mol. The summed E-state index contributed by atoms with van der Waals surface area (Å²) < 4.78 is 0. The summed E-state index contributed by atoms with van der Waals surface area (Å²) in [4.78, 5) is 19.1. The van der Waals surface area contributed by atoms with Gasteiger partial charge in [0, 0.05) is 19.8 Å². The molecule has 0 radical (unpaired) electrons.